The van der Waals surface area contributed by atoms with E-state index in [0.717, 1.165) is 17.7 Å². The Hall–Kier alpha value is -1.31. The minimum Gasteiger partial charge on any atom is -0.383 e. The summed E-state index contributed by atoms with van der Waals surface area (Å²) in [6.45, 7) is 5.68. The van der Waals surface area contributed by atoms with Gasteiger partial charge in [0.25, 0.3) is 0 Å². The molecule has 1 aromatic rings. The Balaban J connectivity index is 3.09. The molecule has 1 rings (SSSR count). The minimum absolute atomic E-state index is 0.569. The Labute approximate surface area is 66.8 Å². The Morgan fingerprint density at radius 2 is 2.36 bits per heavy atom. The second-order valence-electron chi connectivity index (χ2n) is 2.33. The smallest absolute Gasteiger partial charge is 0.130 e. The van der Waals surface area contributed by atoms with Crippen molar-refractivity contribution in [2.24, 2.45) is 0 Å². The van der Waals surface area contributed by atoms with Gasteiger partial charge in [-0.2, -0.15) is 0 Å². The number of aromatic nitrogens is 1. The van der Waals surface area contributed by atoms with E-state index < -0.39 is 0 Å². The Bertz CT molecular complexity index is 266. The zero-order chi connectivity index (χ0) is 8.27. The maximum absolute atomic E-state index is 5.63. The SMILES string of the molecule is C=Cc1ccc(CC)nc1N. The number of nitrogen functional groups attached to an aromatic ring is 1. The highest BCUT2D eigenvalue weighted by Gasteiger charge is 1.96. The number of hydrogen-bond acceptors (Lipinski definition) is 2. The maximum Gasteiger partial charge on any atom is 0.130 e. The monoisotopic (exact) mass is 148 g/mol. The lowest BCUT2D eigenvalue weighted by Crippen LogP contribution is -1.96. The molecule has 11 heavy (non-hydrogen) atoms. The van der Waals surface area contributed by atoms with Crippen molar-refractivity contribution in [2.75, 3.05) is 5.73 Å². The lowest BCUT2D eigenvalue weighted by molar-refractivity contribution is 1.04. The van der Waals surface area contributed by atoms with Crippen molar-refractivity contribution in [3.05, 3.63) is 30.0 Å². The van der Waals surface area contributed by atoms with Crippen LogP contribution in [0.5, 0.6) is 0 Å². The molecule has 2 nitrogen and oxygen atoms in total. The van der Waals surface area contributed by atoms with E-state index in [9.17, 15) is 0 Å². The molecule has 0 spiro atoms. The molecule has 2 N–H and O–H groups in total. The zero-order valence-electron chi connectivity index (χ0n) is 6.67. The van der Waals surface area contributed by atoms with Crippen LogP contribution >= 0.6 is 0 Å². The van der Waals surface area contributed by atoms with Crippen LogP contribution in [0.1, 0.15) is 18.2 Å². The van der Waals surface area contributed by atoms with Gasteiger partial charge in [0.15, 0.2) is 0 Å². The minimum atomic E-state index is 0.569. The van der Waals surface area contributed by atoms with Gasteiger partial charge in [-0.05, 0) is 18.6 Å². The molecule has 0 atom stereocenters. The average molecular weight is 148 g/mol. The third-order valence-corrected chi connectivity index (χ3v) is 1.60. The van der Waals surface area contributed by atoms with Crippen molar-refractivity contribution in [1.29, 1.82) is 0 Å². The van der Waals surface area contributed by atoms with Crippen LogP contribution in [0.3, 0.4) is 0 Å². The van der Waals surface area contributed by atoms with Crippen molar-refractivity contribution < 1.29 is 0 Å². The topological polar surface area (TPSA) is 38.9 Å². The number of anilines is 1. The summed E-state index contributed by atoms with van der Waals surface area (Å²) < 4.78 is 0. The summed E-state index contributed by atoms with van der Waals surface area (Å²) in [7, 11) is 0. The van der Waals surface area contributed by atoms with Crippen LogP contribution in [0.2, 0.25) is 0 Å². The van der Waals surface area contributed by atoms with Crippen molar-refractivity contribution in [3.8, 4) is 0 Å². The largest absolute Gasteiger partial charge is 0.383 e. The maximum atomic E-state index is 5.63. The molecule has 1 aromatic heterocycles. The van der Waals surface area contributed by atoms with Gasteiger partial charge in [-0.15, -0.1) is 0 Å². The first kappa shape index (κ1) is 7.79. The highest BCUT2D eigenvalue weighted by Crippen LogP contribution is 2.10. The van der Waals surface area contributed by atoms with Gasteiger partial charge in [0, 0.05) is 11.3 Å². The van der Waals surface area contributed by atoms with E-state index in [-0.39, 0.29) is 0 Å². The molecule has 0 saturated heterocycles. The van der Waals surface area contributed by atoms with Gasteiger partial charge in [-0.1, -0.05) is 19.6 Å². The number of rotatable bonds is 2. The summed E-state index contributed by atoms with van der Waals surface area (Å²) in [4.78, 5) is 4.17. The Morgan fingerprint density at radius 1 is 1.64 bits per heavy atom. The van der Waals surface area contributed by atoms with Crippen LogP contribution in [-0.4, -0.2) is 4.98 Å². The molecule has 0 aliphatic carbocycles. The summed E-state index contributed by atoms with van der Waals surface area (Å²) in [6.07, 6.45) is 2.63. The Morgan fingerprint density at radius 3 is 2.82 bits per heavy atom. The van der Waals surface area contributed by atoms with E-state index in [0.29, 0.717) is 5.82 Å². The molecule has 1 heterocycles. The first-order valence-corrected chi connectivity index (χ1v) is 3.65. The first-order valence-electron chi connectivity index (χ1n) is 3.65. The molecule has 0 saturated carbocycles. The summed E-state index contributed by atoms with van der Waals surface area (Å²) in [5, 5.41) is 0. The Kier molecular flexibility index (Phi) is 2.26. The molecule has 2 heteroatoms. The van der Waals surface area contributed by atoms with Crippen LogP contribution in [0.4, 0.5) is 5.82 Å². The highest BCUT2D eigenvalue weighted by molar-refractivity contribution is 5.59. The molecule has 0 aliphatic heterocycles. The van der Waals surface area contributed by atoms with Gasteiger partial charge in [0.1, 0.15) is 5.82 Å². The molecule has 58 valence electrons. The fourth-order valence-corrected chi connectivity index (χ4v) is 0.897. The van der Waals surface area contributed by atoms with E-state index in [1.54, 1.807) is 6.08 Å². The molecular weight excluding hydrogens is 136 g/mol. The van der Waals surface area contributed by atoms with Gasteiger partial charge < -0.3 is 5.73 Å². The predicted octanol–water partition coefficient (Wildman–Crippen LogP) is 1.87. The van der Waals surface area contributed by atoms with Gasteiger partial charge in [0.2, 0.25) is 0 Å². The van der Waals surface area contributed by atoms with Crippen LogP contribution < -0.4 is 5.73 Å². The number of aryl methyl sites for hydroxylation is 1. The second kappa shape index (κ2) is 3.19. The van der Waals surface area contributed by atoms with Crippen molar-refractivity contribution in [1.82, 2.24) is 4.98 Å². The fraction of sp³-hybridized carbons (Fsp3) is 0.222. The molecule has 0 unspecified atom stereocenters. The standard InChI is InChI=1S/C9H12N2/c1-3-7-5-6-8(4-2)11-9(7)10/h3,5-6H,1,4H2,2H3,(H2,10,11). The second-order valence-corrected chi connectivity index (χ2v) is 2.33. The van der Waals surface area contributed by atoms with Crippen LogP contribution in [-0.2, 0) is 6.42 Å². The van der Waals surface area contributed by atoms with E-state index in [1.165, 1.54) is 0 Å². The van der Waals surface area contributed by atoms with Crippen molar-refractivity contribution >= 4 is 11.9 Å². The highest BCUT2D eigenvalue weighted by atomic mass is 14.8. The quantitative estimate of drug-likeness (QED) is 0.695. The number of nitrogens with zero attached hydrogens (tertiary/aromatic N) is 1. The lowest BCUT2D eigenvalue weighted by atomic mass is 10.2. The lowest BCUT2D eigenvalue weighted by Gasteiger charge is -2.00. The van der Waals surface area contributed by atoms with Crippen molar-refractivity contribution in [3.63, 3.8) is 0 Å². The third-order valence-electron chi connectivity index (χ3n) is 1.60. The van der Waals surface area contributed by atoms with Crippen LogP contribution in [0.25, 0.3) is 6.08 Å². The first-order chi connectivity index (χ1) is 5.27. The molecule has 0 amide bonds. The number of pyridine rings is 1. The van der Waals surface area contributed by atoms with Gasteiger partial charge in [-0.3, -0.25) is 0 Å². The average Bonchev–Trinajstić information content (AvgIpc) is 2.04. The summed E-state index contributed by atoms with van der Waals surface area (Å²) in [5.41, 5.74) is 7.55. The van der Waals surface area contributed by atoms with Gasteiger partial charge in [0.05, 0.1) is 0 Å². The summed E-state index contributed by atoms with van der Waals surface area (Å²) in [5.74, 6) is 0.569. The normalized spacial score (nSPS) is 9.55. The number of hydrogen-bond donors (Lipinski definition) is 1. The zero-order valence-corrected chi connectivity index (χ0v) is 6.67. The van der Waals surface area contributed by atoms with Crippen molar-refractivity contribution in [2.45, 2.75) is 13.3 Å². The molecule has 0 radical (unpaired) electrons. The molecule has 0 aromatic carbocycles. The van der Waals surface area contributed by atoms with Crippen LogP contribution in [0, 0.1) is 0 Å². The summed E-state index contributed by atoms with van der Waals surface area (Å²) >= 11 is 0. The van der Waals surface area contributed by atoms with Gasteiger partial charge >= 0.3 is 0 Å². The van der Waals surface area contributed by atoms with E-state index >= 15 is 0 Å². The third kappa shape index (κ3) is 1.58. The molecule has 0 bridgehead atoms. The fourth-order valence-electron chi connectivity index (χ4n) is 0.897. The summed E-state index contributed by atoms with van der Waals surface area (Å²) in [6, 6.07) is 3.90. The van der Waals surface area contributed by atoms with E-state index in [2.05, 4.69) is 18.5 Å². The molecule has 0 fully saturated rings. The van der Waals surface area contributed by atoms with Gasteiger partial charge in [-0.25, -0.2) is 4.98 Å². The predicted molar refractivity (Wildman–Crippen MR) is 48.1 cm³/mol. The molecular formula is C9H12N2. The van der Waals surface area contributed by atoms with E-state index in [1.807, 2.05) is 12.1 Å². The molecule has 0 aliphatic rings. The van der Waals surface area contributed by atoms with E-state index in [4.69, 9.17) is 5.73 Å². The van der Waals surface area contributed by atoms with Crippen LogP contribution in [0.15, 0.2) is 18.7 Å². The number of nitrogens with two attached hydrogens (primary N) is 1.